The summed E-state index contributed by atoms with van der Waals surface area (Å²) in [6.45, 7) is 3.93. The first kappa shape index (κ1) is 21.7. The van der Waals surface area contributed by atoms with Crippen LogP contribution in [-0.4, -0.2) is 48.5 Å². The highest BCUT2D eigenvalue weighted by Crippen LogP contribution is 2.23. The van der Waals surface area contributed by atoms with Crippen molar-refractivity contribution >= 4 is 15.7 Å². The van der Waals surface area contributed by atoms with E-state index in [-0.39, 0.29) is 18.0 Å². The quantitative estimate of drug-likeness (QED) is 0.409. The number of hydrogen-bond acceptors (Lipinski definition) is 7. The molecule has 166 valence electrons. The second kappa shape index (κ2) is 8.93. The maximum atomic E-state index is 12.5. The van der Waals surface area contributed by atoms with E-state index < -0.39 is 10.0 Å². The van der Waals surface area contributed by atoms with Crippen LogP contribution in [0, 0.1) is 13.8 Å². The fraction of sp³-hybridized carbons (Fsp3) is 0.227. The molecule has 0 spiro atoms. The summed E-state index contributed by atoms with van der Waals surface area (Å²) in [7, 11) is -2.03. The normalized spacial score (nSPS) is 11.6. The molecule has 0 atom stereocenters. The Morgan fingerprint density at radius 2 is 1.78 bits per heavy atom. The van der Waals surface area contributed by atoms with Gasteiger partial charge in [0.15, 0.2) is 11.5 Å². The van der Waals surface area contributed by atoms with E-state index in [2.05, 4.69) is 20.0 Å². The van der Waals surface area contributed by atoms with Crippen LogP contribution in [0.25, 0.3) is 17.0 Å². The molecule has 0 bridgehead atoms. The van der Waals surface area contributed by atoms with Crippen molar-refractivity contribution in [2.75, 3.05) is 20.3 Å². The van der Waals surface area contributed by atoms with Crippen LogP contribution < -0.4 is 14.2 Å². The Bertz CT molecular complexity index is 1350. The molecule has 0 unspecified atom stereocenters. The number of ether oxygens (including phenoxy) is 2. The molecule has 0 saturated carbocycles. The summed E-state index contributed by atoms with van der Waals surface area (Å²) in [5.41, 5.74) is 3.13. The van der Waals surface area contributed by atoms with Crippen LogP contribution in [0.5, 0.6) is 11.6 Å². The number of aromatic nitrogens is 4. The van der Waals surface area contributed by atoms with Gasteiger partial charge >= 0.3 is 0 Å². The Labute approximate surface area is 186 Å². The Kier molecular flexibility index (Phi) is 6.06. The first-order chi connectivity index (χ1) is 15.4. The lowest BCUT2D eigenvalue weighted by molar-refractivity contribution is 0.306. The summed E-state index contributed by atoms with van der Waals surface area (Å²) in [6.07, 6.45) is 0. The molecule has 0 radical (unpaired) electrons. The molecule has 32 heavy (non-hydrogen) atoms. The smallest absolute Gasteiger partial charge is 0.240 e. The summed E-state index contributed by atoms with van der Waals surface area (Å²) in [4.78, 5) is 0.238. The zero-order chi connectivity index (χ0) is 22.7. The molecule has 1 N–H and O–H groups in total. The first-order valence-corrected chi connectivity index (χ1v) is 11.4. The van der Waals surface area contributed by atoms with Gasteiger partial charge in [0.25, 0.3) is 0 Å². The molecule has 9 nitrogen and oxygen atoms in total. The van der Waals surface area contributed by atoms with Gasteiger partial charge in [0.1, 0.15) is 12.4 Å². The predicted octanol–water partition coefficient (Wildman–Crippen LogP) is 2.77. The molecule has 2 aromatic carbocycles. The van der Waals surface area contributed by atoms with Gasteiger partial charge in [-0.15, -0.1) is 15.3 Å². The Balaban J connectivity index is 1.45. The lowest BCUT2D eigenvalue weighted by atomic mass is 10.2. The Morgan fingerprint density at radius 3 is 2.53 bits per heavy atom. The molecule has 0 saturated heterocycles. The number of hydrogen-bond donors (Lipinski definition) is 1. The summed E-state index contributed by atoms with van der Waals surface area (Å²) in [6, 6.07) is 16.0. The van der Waals surface area contributed by atoms with E-state index in [1.165, 1.54) is 0 Å². The number of nitrogens with one attached hydrogen (secondary N) is 1. The molecule has 0 fully saturated rings. The van der Waals surface area contributed by atoms with E-state index in [4.69, 9.17) is 9.47 Å². The maximum absolute atomic E-state index is 12.5. The minimum atomic E-state index is -3.62. The maximum Gasteiger partial charge on any atom is 0.240 e. The van der Waals surface area contributed by atoms with Gasteiger partial charge in [-0.3, -0.25) is 0 Å². The molecule has 0 amide bonds. The topological polar surface area (TPSA) is 108 Å². The summed E-state index contributed by atoms with van der Waals surface area (Å²) in [5, 5.41) is 12.8. The lowest BCUT2D eigenvalue weighted by Gasteiger charge is -2.10. The second-order valence-electron chi connectivity index (χ2n) is 7.27. The van der Waals surface area contributed by atoms with E-state index in [0.29, 0.717) is 23.1 Å². The molecule has 10 heteroatoms. The number of rotatable bonds is 8. The largest absolute Gasteiger partial charge is 0.497 e. The number of aryl methyl sites for hydroxylation is 2. The van der Waals surface area contributed by atoms with E-state index >= 15 is 0 Å². The second-order valence-corrected chi connectivity index (χ2v) is 9.03. The molecule has 0 aliphatic rings. The van der Waals surface area contributed by atoms with Gasteiger partial charge in [0.2, 0.25) is 15.9 Å². The average Bonchev–Trinajstić information content (AvgIpc) is 3.19. The van der Waals surface area contributed by atoms with E-state index in [9.17, 15) is 8.42 Å². The van der Waals surface area contributed by atoms with Crippen molar-refractivity contribution in [1.82, 2.24) is 24.5 Å². The predicted molar refractivity (Wildman–Crippen MR) is 119 cm³/mol. The Morgan fingerprint density at radius 1 is 1.00 bits per heavy atom. The van der Waals surface area contributed by atoms with Gasteiger partial charge in [-0.1, -0.05) is 18.2 Å². The highest BCUT2D eigenvalue weighted by Gasteiger charge is 2.15. The average molecular weight is 454 g/mol. The van der Waals surface area contributed by atoms with Gasteiger partial charge in [0.05, 0.1) is 12.0 Å². The molecule has 4 rings (SSSR count). The number of benzene rings is 2. The zero-order valence-electron chi connectivity index (χ0n) is 17.9. The monoisotopic (exact) mass is 453 g/mol. The fourth-order valence-corrected chi connectivity index (χ4v) is 4.50. The van der Waals surface area contributed by atoms with Crippen LogP contribution in [0.1, 0.15) is 11.1 Å². The lowest BCUT2D eigenvalue weighted by Crippen LogP contribution is -2.28. The molecule has 4 aromatic rings. The van der Waals surface area contributed by atoms with Gasteiger partial charge in [-0.25, -0.2) is 13.1 Å². The highest BCUT2D eigenvalue weighted by atomic mass is 32.2. The molecule has 2 aromatic heterocycles. The van der Waals surface area contributed by atoms with E-state index in [1.54, 1.807) is 35.9 Å². The summed E-state index contributed by atoms with van der Waals surface area (Å²) < 4.78 is 40.1. The van der Waals surface area contributed by atoms with Crippen molar-refractivity contribution in [2.24, 2.45) is 0 Å². The third-order valence-corrected chi connectivity index (χ3v) is 6.16. The molecule has 2 heterocycles. The third-order valence-electron chi connectivity index (χ3n) is 4.72. The highest BCUT2D eigenvalue weighted by molar-refractivity contribution is 7.89. The van der Waals surface area contributed by atoms with E-state index in [0.717, 1.165) is 16.7 Å². The number of nitrogens with zero attached hydrogens (tertiary/aromatic N) is 4. The standard InChI is InChI=1S/C22H23N5O4S/c1-15-11-16(2)13-19(12-15)32(28,29)23-9-10-31-21-8-7-20-24-25-22(27(20)26-21)17-5-4-6-18(14-17)30-3/h4-8,11-14,23H,9-10H2,1-3H3. The van der Waals surface area contributed by atoms with Crippen LogP contribution in [0.4, 0.5) is 0 Å². The fourth-order valence-electron chi connectivity index (χ4n) is 3.29. The first-order valence-electron chi connectivity index (χ1n) is 9.93. The molecule has 0 aliphatic carbocycles. The van der Waals surface area contributed by atoms with Crippen LogP contribution in [-0.2, 0) is 10.0 Å². The van der Waals surface area contributed by atoms with Gasteiger partial charge in [-0.2, -0.15) is 4.52 Å². The van der Waals surface area contributed by atoms with Crippen molar-refractivity contribution in [3.63, 3.8) is 0 Å². The van der Waals surface area contributed by atoms with Crippen LogP contribution in [0.15, 0.2) is 59.5 Å². The van der Waals surface area contributed by atoms with Gasteiger partial charge in [-0.05, 0) is 55.3 Å². The van der Waals surface area contributed by atoms with Crippen LogP contribution in [0.2, 0.25) is 0 Å². The minimum absolute atomic E-state index is 0.0972. The number of sulfonamides is 1. The minimum Gasteiger partial charge on any atom is -0.497 e. The van der Waals surface area contributed by atoms with Crippen LogP contribution >= 0.6 is 0 Å². The molecular formula is C22H23N5O4S. The zero-order valence-corrected chi connectivity index (χ0v) is 18.8. The van der Waals surface area contributed by atoms with Gasteiger partial charge < -0.3 is 9.47 Å². The van der Waals surface area contributed by atoms with Crippen molar-refractivity contribution < 1.29 is 17.9 Å². The summed E-state index contributed by atoms with van der Waals surface area (Å²) in [5.74, 6) is 1.56. The number of fused-ring (bicyclic) bond motifs is 1. The molecule has 0 aliphatic heterocycles. The van der Waals surface area contributed by atoms with Crippen molar-refractivity contribution in [3.8, 4) is 23.0 Å². The van der Waals surface area contributed by atoms with Gasteiger partial charge in [0, 0.05) is 18.2 Å². The molecular weight excluding hydrogens is 430 g/mol. The third kappa shape index (κ3) is 4.71. The summed E-state index contributed by atoms with van der Waals surface area (Å²) >= 11 is 0. The van der Waals surface area contributed by atoms with E-state index in [1.807, 2.05) is 44.2 Å². The Hall–Kier alpha value is -3.50. The SMILES string of the molecule is COc1cccc(-c2nnc3ccc(OCCNS(=O)(=O)c4cc(C)cc(C)c4)nn23)c1. The van der Waals surface area contributed by atoms with Crippen molar-refractivity contribution in [3.05, 3.63) is 65.7 Å². The number of methoxy groups -OCH3 is 1. The van der Waals surface area contributed by atoms with Crippen molar-refractivity contribution in [2.45, 2.75) is 18.7 Å². The van der Waals surface area contributed by atoms with Crippen LogP contribution in [0.3, 0.4) is 0 Å². The van der Waals surface area contributed by atoms with Crippen molar-refractivity contribution in [1.29, 1.82) is 0 Å².